The predicted molar refractivity (Wildman–Crippen MR) is 132 cm³/mol. The maximum Gasteiger partial charge on any atom is 0.341 e. The number of hydrogen-bond donors (Lipinski definition) is 1. The first kappa shape index (κ1) is 23.9. The van der Waals surface area contributed by atoms with Crippen molar-refractivity contribution in [2.24, 2.45) is 0 Å². The third-order valence-electron chi connectivity index (χ3n) is 6.38. The van der Waals surface area contributed by atoms with Gasteiger partial charge in [0.25, 0.3) is 5.91 Å². The van der Waals surface area contributed by atoms with Crippen molar-refractivity contribution in [3.8, 4) is 0 Å². The number of nitrogens with zero attached hydrogens (tertiary/aromatic N) is 3. The maximum atomic E-state index is 15.1. The van der Waals surface area contributed by atoms with Crippen LogP contribution >= 0.6 is 11.3 Å². The molecular weight excluding hydrogens is 457 g/mol. The summed E-state index contributed by atoms with van der Waals surface area (Å²) in [6, 6.07) is 4.74. The molecule has 0 aliphatic carbocycles. The average molecular weight is 486 g/mol. The first-order chi connectivity index (χ1) is 16.2. The molecule has 1 amide bonds. The highest BCUT2D eigenvalue weighted by molar-refractivity contribution is 7.14. The van der Waals surface area contributed by atoms with Crippen LogP contribution in [0, 0.1) is 12.7 Å². The minimum absolute atomic E-state index is 0.00936. The average Bonchev–Trinajstić information content (AvgIpc) is 3.19. The third kappa shape index (κ3) is 4.32. The highest BCUT2D eigenvalue weighted by Crippen LogP contribution is 2.28. The molecule has 1 N–H and O–H groups in total. The number of piperazine rings is 1. The second-order valence-corrected chi connectivity index (χ2v) is 9.76. The molecule has 180 valence electrons. The van der Waals surface area contributed by atoms with Gasteiger partial charge in [0.05, 0.1) is 16.1 Å². The van der Waals surface area contributed by atoms with E-state index in [-0.39, 0.29) is 16.9 Å². The van der Waals surface area contributed by atoms with Crippen molar-refractivity contribution in [3.63, 3.8) is 0 Å². The molecule has 34 heavy (non-hydrogen) atoms. The molecule has 1 saturated heterocycles. The van der Waals surface area contributed by atoms with Crippen molar-refractivity contribution < 1.29 is 19.1 Å². The molecule has 3 aromatic rings. The monoisotopic (exact) mass is 485 g/mol. The minimum atomic E-state index is -1.33. The summed E-state index contributed by atoms with van der Waals surface area (Å²) in [7, 11) is 0. The van der Waals surface area contributed by atoms with E-state index in [1.165, 1.54) is 28.0 Å². The van der Waals surface area contributed by atoms with Gasteiger partial charge >= 0.3 is 5.97 Å². The number of thiophene rings is 1. The number of carboxylic acids is 1. The van der Waals surface area contributed by atoms with E-state index in [0.29, 0.717) is 43.9 Å². The van der Waals surface area contributed by atoms with Crippen LogP contribution in [-0.2, 0) is 13.0 Å². The zero-order valence-electron chi connectivity index (χ0n) is 19.6. The first-order valence-electron chi connectivity index (χ1n) is 11.5. The molecule has 0 spiro atoms. The number of benzene rings is 1. The second kappa shape index (κ2) is 9.58. The normalized spacial score (nSPS) is 14.1. The van der Waals surface area contributed by atoms with Crippen molar-refractivity contribution in [2.75, 3.05) is 31.1 Å². The van der Waals surface area contributed by atoms with E-state index in [1.54, 1.807) is 15.5 Å². The van der Waals surface area contributed by atoms with E-state index >= 15 is 4.39 Å². The van der Waals surface area contributed by atoms with E-state index in [1.807, 2.05) is 24.8 Å². The Morgan fingerprint density at radius 1 is 1.12 bits per heavy atom. The quantitative estimate of drug-likeness (QED) is 0.567. The lowest BCUT2D eigenvalue weighted by atomic mass is 10.1. The van der Waals surface area contributed by atoms with Gasteiger partial charge in [-0.2, -0.15) is 0 Å². The fourth-order valence-corrected chi connectivity index (χ4v) is 5.54. The van der Waals surface area contributed by atoms with Crippen LogP contribution in [0.4, 0.5) is 10.1 Å². The number of amides is 1. The molecule has 0 saturated carbocycles. The van der Waals surface area contributed by atoms with Crippen molar-refractivity contribution in [3.05, 3.63) is 61.3 Å². The Balaban J connectivity index is 1.57. The van der Waals surface area contributed by atoms with Gasteiger partial charge in [-0.25, -0.2) is 9.18 Å². The number of pyridine rings is 1. The second-order valence-electron chi connectivity index (χ2n) is 8.51. The van der Waals surface area contributed by atoms with Crippen molar-refractivity contribution >= 4 is 39.8 Å². The molecule has 1 fully saturated rings. The highest BCUT2D eigenvalue weighted by atomic mass is 32.1. The van der Waals surface area contributed by atoms with Crippen LogP contribution in [0.2, 0.25) is 0 Å². The summed E-state index contributed by atoms with van der Waals surface area (Å²) in [6.07, 6.45) is 3.30. The molecular formula is C25H28FN3O4S. The number of fused-ring (bicyclic) bond motifs is 1. The fraction of sp³-hybridized carbons (Fsp3) is 0.400. The van der Waals surface area contributed by atoms with Crippen LogP contribution in [0.25, 0.3) is 10.9 Å². The Labute approximate surface area is 201 Å². The Morgan fingerprint density at radius 2 is 1.82 bits per heavy atom. The number of carbonyl (C=O) groups excluding carboxylic acids is 1. The molecule has 0 atom stereocenters. The van der Waals surface area contributed by atoms with Crippen LogP contribution in [0.5, 0.6) is 0 Å². The lowest BCUT2D eigenvalue weighted by molar-refractivity contribution is 0.0693. The van der Waals surface area contributed by atoms with Gasteiger partial charge in [-0.3, -0.25) is 9.59 Å². The summed E-state index contributed by atoms with van der Waals surface area (Å²) in [5.74, 6) is -1.90. The van der Waals surface area contributed by atoms with Gasteiger partial charge in [0.2, 0.25) is 5.43 Å². The van der Waals surface area contributed by atoms with Gasteiger partial charge < -0.3 is 19.5 Å². The number of halogens is 1. The smallest absolute Gasteiger partial charge is 0.341 e. The lowest BCUT2D eigenvalue weighted by Gasteiger charge is -2.36. The van der Waals surface area contributed by atoms with Crippen LogP contribution < -0.4 is 10.3 Å². The molecule has 2 aromatic heterocycles. The summed E-state index contributed by atoms with van der Waals surface area (Å²) in [5, 5.41) is 9.37. The molecule has 1 aliphatic rings. The number of hydrogen-bond acceptors (Lipinski definition) is 5. The summed E-state index contributed by atoms with van der Waals surface area (Å²) < 4.78 is 16.7. The molecule has 4 rings (SSSR count). The van der Waals surface area contributed by atoms with E-state index in [4.69, 9.17) is 0 Å². The van der Waals surface area contributed by atoms with Crippen molar-refractivity contribution in [2.45, 2.75) is 40.2 Å². The summed E-state index contributed by atoms with van der Waals surface area (Å²) >= 11 is 1.53. The standard InChI is InChI=1S/C25H28FN3O4S/c1-4-6-16-11-22(34-15(16)3)24(31)29-9-7-28(8-10-29)21-13-20-17(12-19(21)26)23(30)18(25(32)33)14-27(20)5-2/h11-14H,4-10H2,1-3H3,(H,32,33). The van der Waals surface area contributed by atoms with Gasteiger partial charge in [-0.1, -0.05) is 13.3 Å². The van der Waals surface area contributed by atoms with Gasteiger partial charge in [-0.05, 0) is 44.0 Å². The van der Waals surface area contributed by atoms with Crippen LogP contribution in [0.3, 0.4) is 0 Å². The summed E-state index contributed by atoms with van der Waals surface area (Å²) in [5.41, 5.74) is 0.994. The number of carbonyl (C=O) groups is 2. The zero-order chi connectivity index (χ0) is 24.6. The van der Waals surface area contributed by atoms with Crippen molar-refractivity contribution in [1.29, 1.82) is 0 Å². The lowest BCUT2D eigenvalue weighted by Crippen LogP contribution is -2.49. The Kier molecular flexibility index (Phi) is 6.74. The van der Waals surface area contributed by atoms with Gasteiger partial charge in [0.15, 0.2) is 0 Å². The third-order valence-corrected chi connectivity index (χ3v) is 7.46. The molecule has 7 nitrogen and oxygen atoms in total. The Bertz CT molecular complexity index is 1320. The van der Waals surface area contributed by atoms with Gasteiger partial charge in [-0.15, -0.1) is 11.3 Å². The number of rotatable bonds is 6. The molecule has 3 heterocycles. The molecule has 1 aromatic carbocycles. The first-order valence-corrected chi connectivity index (χ1v) is 12.3. The van der Waals surface area contributed by atoms with Crippen LogP contribution in [0.1, 0.15) is 50.7 Å². The van der Waals surface area contributed by atoms with Crippen LogP contribution in [0.15, 0.2) is 29.2 Å². The highest BCUT2D eigenvalue weighted by Gasteiger charge is 2.26. The number of aromatic carboxylic acids is 1. The zero-order valence-corrected chi connectivity index (χ0v) is 20.4. The summed E-state index contributed by atoms with van der Waals surface area (Å²) in [4.78, 5) is 42.6. The minimum Gasteiger partial charge on any atom is -0.477 e. The molecule has 0 unspecified atom stereocenters. The number of carboxylic acid groups (broad SMARTS) is 1. The predicted octanol–water partition coefficient (Wildman–Crippen LogP) is 4.14. The number of aromatic nitrogens is 1. The number of anilines is 1. The Morgan fingerprint density at radius 3 is 2.44 bits per heavy atom. The van der Waals surface area contributed by atoms with Gasteiger partial charge in [0.1, 0.15) is 11.4 Å². The van der Waals surface area contributed by atoms with Gasteiger partial charge in [0, 0.05) is 49.2 Å². The molecule has 9 heteroatoms. The van der Waals surface area contributed by atoms with E-state index in [0.717, 1.165) is 23.8 Å². The van der Waals surface area contributed by atoms with E-state index < -0.39 is 17.2 Å². The van der Waals surface area contributed by atoms with Crippen LogP contribution in [-0.4, -0.2) is 52.6 Å². The summed E-state index contributed by atoms with van der Waals surface area (Å²) in [6.45, 7) is 8.29. The molecule has 0 bridgehead atoms. The van der Waals surface area contributed by atoms with E-state index in [2.05, 4.69) is 6.92 Å². The topological polar surface area (TPSA) is 82.8 Å². The molecule has 1 aliphatic heterocycles. The van der Waals surface area contributed by atoms with E-state index in [9.17, 15) is 19.5 Å². The number of aryl methyl sites for hydroxylation is 3. The fourth-order valence-electron chi connectivity index (χ4n) is 4.50. The Hall–Kier alpha value is -3.20. The molecule has 0 radical (unpaired) electrons. The SMILES string of the molecule is CCCc1cc(C(=O)N2CCN(c3cc4c(cc3F)c(=O)c(C(=O)O)cn4CC)CC2)sc1C. The maximum absolute atomic E-state index is 15.1. The van der Waals surface area contributed by atoms with Crippen molar-refractivity contribution in [1.82, 2.24) is 9.47 Å². The largest absolute Gasteiger partial charge is 0.477 e.